The van der Waals surface area contributed by atoms with E-state index in [4.69, 9.17) is 17.3 Å². The van der Waals surface area contributed by atoms with Crippen molar-refractivity contribution in [3.63, 3.8) is 0 Å². The molecule has 2 N–H and O–H groups in total. The molecule has 1 heterocycles. The molecule has 1 aromatic heterocycles. The Kier molecular flexibility index (Phi) is 3.82. The van der Waals surface area contributed by atoms with Gasteiger partial charge in [-0.2, -0.15) is 0 Å². The van der Waals surface area contributed by atoms with Crippen LogP contribution < -0.4 is 5.73 Å². The Balaban J connectivity index is 2.36. The van der Waals surface area contributed by atoms with Gasteiger partial charge in [0.2, 0.25) is 0 Å². The fourth-order valence-electron chi connectivity index (χ4n) is 2.00. The van der Waals surface area contributed by atoms with Crippen molar-refractivity contribution in [3.8, 4) is 0 Å². The molecule has 0 aliphatic rings. The van der Waals surface area contributed by atoms with Crippen molar-refractivity contribution in [1.82, 2.24) is 9.55 Å². The summed E-state index contributed by atoms with van der Waals surface area (Å²) < 4.78 is 2.13. The second kappa shape index (κ2) is 5.34. The number of aryl methyl sites for hydroxylation is 1. The van der Waals surface area contributed by atoms with Crippen LogP contribution in [0.4, 0.5) is 0 Å². The Labute approximate surface area is 106 Å². The van der Waals surface area contributed by atoms with Crippen LogP contribution >= 0.6 is 11.6 Å². The smallest absolute Gasteiger partial charge is 0.108 e. The Morgan fingerprint density at radius 3 is 2.65 bits per heavy atom. The Hall–Kier alpha value is -1.32. The fraction of sp³-hybridized carbons (Fsp3) is 0.308. The Morgan fingerprint density at radius 1 is 1.35 bits per heavy atom. The van der Waals surface area contributed by atoms with E-state index in [1.54, 1.807) is 0 Å². The lowest BCUT2D eigenvalue weighted by Gasteiger charge is -2.19. The van der Waals surface area contributed by atoms with E-state index in [1.807, 2.05) is 36.7 Å². The highest BCUT2D eigenvalue weighted by molar-refractivity contribution is 6.30. The van der Waals surface area contributed by atoms with Gasteiger partial charge in [0.15, 0.2) is 0 Å². The molecule has 0 bridgehead atoms. The summed E-state index contributed by atoms with van der Waals surface area (Å²) in [5, 5.41) is 0.742. The summed E-state index contributed by atoms with van der Waals surface area (Å²) in [4.78, 5) is 4.33. The lowest BCUT2D eigenvalue weighted by Crippen LogP contribution is -2.21. The number of imidazole rings is 1. The van der Waals surface area contributed by atoms with E-state index in [9.17, 15) is 0 Å². The molecular formula is C13H16ClN3. The molecule has 0 saturated heterocycles. The van der Waals surface area contributed by atoms with Crippen molar-refractivity contribution in [2.45, 2.75) is 19.4 Å². The average Bonchev–Trinajstić information content (AvgIpc) is 2.81. The molecule has 17 heavy (non-hydrogen) atoms. The molecule has 1 atom stereocenters. The summed E-state index contributed by atoms with van der Waals surface area (Å²) in [5.74, 6) is 1.05. The van der Waals surface area contributed by atoms with Gasteiger partial charge in [0.1, 0.15) is 5.82 Å². The van der Waals surface area contributed by atoms with Crippen LogP contribution in [0.5, 0.6) is 0 Å². The van der Waals surface area contributed by atoms with Crippen LogP contribution in [-0.4, -0.2) is 16.1 Å². The maximum absolute atomic E-state index is 5.89. The van der Waals surface area contributed by atoms with Crippen molar-refractivity contribution in [2.24, 2.45) is 5.73 Å². The van der Waals surface area contributed by atoms with Gasteiger partial charge in [-0.3, -0.25) is 0 Å². The van der Waals surface area contributed by atoms with Gasteiger partial charge in [0, 0.05) is 30.4 Å². The number of halogens is 1. The summed E-state index contributed by atoms with van der Waals surface area (Å²) in [6, 6.07) is 7.94. The minimum Gasteiger partial charge on any atom is -0.328 e. The van der Waals surface area contributed by atoms with Crippen LogP contribution in [0.25, 0.3) is 0 Å². The van der Waals surface area contributed by atoms with Crippen LogP contribution in [0.15, 0.2) is 36.7 Å². The first-order valence-corrected chi connectivity index (χ1v) is 6.11. The molecule has 3 nitrogen and oxygen atoms in total. The summed E-state index contributed by atoms with van der Waals surface area (Å²) in [7, 11) is 0. The standard InChI is InChI=1S/C13H16ClN3/c1-2-13-16-7-8-17(13)12(9-15)10-3-5-11(14)6-4-10/h3-8,12H,2,9,15H2,1H3. The normalized spacial score (nSPS) is 12.6. The summed E-state index contributed by atoms with van der Waals surface area (Å²) in [5.41, 5.74) is 7.03. The number of nitrogens with two attached hydrogens (primary N) is 1. The summed E-state index contributed by atoms with van der Waals surface area (Å²) in [6.07, 6.45) is 4.69. The molecule has 1 unspecified atom stereocenters. The van der Waals surface area contributed by atoms with Crippen molar-refractivity contribution in [3.05, 3.63) is 53.1 Å². The lowest BCUT2D eigenvalue weighted by atomic mass is 10.1. The molecule has 0 saturated carbocycles. The highest BCUT2D eigenvalue weighted by atomic mass is 35.5. The number of nitrogens with zero attached hydrogens (tertiary/aromatic N) is 2. The third kappa shape index (κ3) is 2.51. The van der Waals surface area contributed by atoms with E-state index in [-0.39, 0.29) is 6.04 Å². The third-order valence-electron chi connectivity index (χ3n) is 2.88. The zero-order valence-electron chi connectivity index (χ0n) is 9.81. The Morgan fingerprint density at radius 2 is 2.06 bits per heavy atom. The number of aromatic nitrogens is 2. The van der Waals surface area contributed by atoms with E-state index in [0.29, 0.717) is 6.54 Å². The predicted octanol–water partition coefficient (Wildman–Crippen LogP) is 2.65. The van der Waals surface area contributed by atoms with E-state index in [2.05, 4.69) is 16.5 Å². The average molecular weight is 250 g/mol. The van der Waals surface area contributed by atoms with E-state index >= 15 is 0 Å². The summed E-state index contributed by atoms with van der Waals surface area (Å²) in [6.45, 7) is 2.64. The van der Waals surface area contributed by atoms with Gasteiger partial charge >= 0.3 is 0 Å². The van der Waals surface area contributed by atoms with Crippen molar-refractivity contribution in [1.29, 1.82) is 0 Å². The second-order valence-corrected chi connectivity index (χ2v) is 4.34. The first-order valence-electron chi connectivity index (χ1n) is 5.73. The molecule has 0 spiro atoms. The van der Waals surface area contributed by atoms with Gasteiger partial charge in [-0.05, 0) is 17.7 Å². The highest BCUT2D eigenvalue weighted by Gasteiger charge is 2.14. The SMILES string of the molecule is CCc1nccn1C(CN)c1ccc(Cl)cc1. The quantitative estimate of drug-likeness (QED) is 0.905. The molecule has 1 aromatic carbocycles. The van der Waals surface area contributed by atoms with Crippen LogP contribution in [0.3, 0.4) is 0 Å². The zero-order valence-corrected chi connectivity index (χ0v) is 10.6. The van der Waals surface area contributed by atoms with Crippen LogP contribution in [0, 0.1) is 0 Å². The number of benzene rings is 1. The van der Waals surface area contributed by atoms with Gasteiger partial charge in [-0.15, -0.1) is 0 Å². The molecule has 0 fully saturated rings. The van der Waals surface area contributed by atoms with Crippen LogP contribution in [0.1, 0.15) is 24.4 Å². The van der Waals surface area contributed by atoms with Gasteiger partial charge in [0.25, 0.3) is 0 Å². The topological polar surface area (TPSA) is 43.8 Å². The molecule has 0 aliphatic carbocycles. The highest BCUT2D eigenvalue weighted by Crippen LogP contribution is 2.21. The molecule has 0 radical (unpaired) electrons. The maximum atomic E-state index is 5.89. The third-order valence-corrected chi connectivity index (χ3v) is 3.13. The van der Waals surface area contributed by atoms with E-state index in [1.165, 1.54) is 0 Å². The molecular weight excluding hydrogens is 234 g/mol. The number of hydrogen-bond acceptors (Lipinski definition) is 2. The number of hydrogen-bond donors (Lipinski definition) is 1. The van der Waals surface area contributed by atoms with Gasteiger partial charge in [0.05, 0.1) is 6.04 Å². The van der Waals surface area contributed by atoms with Gasteiger partial charge in [-0.25, -0.2) is 4.98 Å². The lowest BCUT2D eigenvalue weighted by molar-refractivity contribution is 0.568. The number of rotatable bonds is 4. The molecule has 2 aromatic rings. The first kappa shape index (κ1) is 12.1. The fourth-order valence-corrected chi connectivity index (χ4v) is 2.12. The first-order chi connectivity index (χ1) is 8.26. The second-order valence-electron chi connectivity index (χ2n) is 3.91. The molecule has 0 amide bonds. The molecule has 4 heteroatoms. The minimum absolute atomic E-state index is 0.129. The van der Waals surface area contributed by atoms with Gasteiger partial charge < -0.3 is 10.3 Å². The molecule has 90 valence electrons. The van der Waals surface area contributed by atoms with Gasteiger partial charge in [-0.1, -0.05) is 30.7 Å². The zero-order chi connectivity index (χ0) is 12.3. The predicted molar refractivity (Wildman–Crippen MR) is 70.3 cm³/mol. The summed E-state index contributed by atoms with van der Waals surface area (Å²) >= 11 is 5.89. The Bertz CT molecular complexity index is 476. The monoisotopic (exact) mass is 249 g/mol. The largest absolute Gasteiger partial charge is 0.328 e. The van der Waals surface area contributed by atoms with Crippen molar-refractivity contribution < 1.29 is 0 Å². The maximum Gasteiger partial charge on any atom is 0.108 e. The minimum atomic E-state index is 0.129. The van der Waals surface area contributed by atoms with Crippen LogP contribution in [0.2, 0.25) is 5.02 Å². The van der Waals surface area contributed by atoms with Crippen molar-refractivity contribution >= 4 is 11.6 Å². The van der Waals surface area contributed by atoms with E-state index < -0.39 is 0 Å². The van der Waals surface area contributed by atoms with E-state index in [0.717, 1.165) is 22.8 Å². The molecule has 2 rings (SSSR count). The van der Waals surface area contributed by atoms with Crippen LogP contribution in [-0.2, 0) is 6.42 Å². The van der Waals surface area contributed by atoms with Crippen molar-refractivity contribution in [2.75, 3.05) is 6.54 Å². The molecule has 0 aliphatic heterocycles.